The molecule has 0 amide bonds. The van der Waals surface area contributed by atoms with Crippen molar-refractivity contribution in [1.29, 1.82) is 0 Å². The van der Waals surface area contributed by atoms with Crippen molar-refractivity contribution in [3.63, 3.8) is 0 Å². The zero-order valence-electron chi connectivity index (χ0n) is 16.1. The third-order valence-corrected chi connectivity index (χ3v) is 4.80. The summed E-state index contributed by atoms with van der Waals surface area (Å²) in [5.41, 5.74) is 2.21. The summed E-state index contributed by atoms with van der Waals surface area (Å²) in [4.78, 5) is 20.2. The first-order valence-corrected chi connectivity index (χ1v) is 9.46. The van der Waals surface area contributed by atoms with Crippen molar-refractivity contribution in [2.24, 2.45) is 0 Å². The molecule has 0 bridgehead atoms. The van der Waals surface area contributed by atoms with Crippen LogP contribution in [0.2, 0.25) is 0 Å². The molecule has 0 spiro atoms. The predicted octanol–water partition coefficient (Wildman–Crippen LogP) is 5.16. The summed E-state index contributed by atoms with van der Waals surface area (Å²) in [6.45, 7) is 6.60. The molecule has 5 nitrogen and oxygen atoms in total. The highest BCUT2D eigenvalue weighted by Crippen LogP contribution is 2.37. The number of para-hydroxylation sites is 3. The number of rotatable bonds is 2. The van der Waals surface area contributed by atoms with Gasteiger partial charge in [-0.2, -0.15) is 0 Å². The molecule has 27 heavy (non-hydrogen) atoms. The van der Waals surface area contributed by atoms with Gasteiger partial charge in [-0.05, 0) is 57.9 Å². The Morgan fingerprint density at radius 2 is 1.78 bits per heavy atom. The second kappa shape index (κ2) is 6.72. The van der Waals surface area contributed by atoms with Gasteiger partial charge in [-0.25, -0.2) is 14.3 Å². The van der Waals surface area contributed by atoms with E-state index in [1.807, 2.05) is 63.2 Å². The van der Waals surface area contributed by atoms with E-state index in [2.05, 4.69) is 17.0 Å². The van der Waals surface area contributed by atoms with Crippen LogP contribution >= 0.6 is 0 Å². The summed E-state index contributed by atoms with van der Waals surface area (Å²) >= 11 is 0. The van der Waals surface area contributed by atoms with Crippen LogP contribution in [-0.2, 0) is 4.74 Å². The van der Waals surface area contributed by atoms with Crippen molar-refractivity contribution >= 4 is 22.8 Å². The highest BCUT2D eigenvalue weighted by atomic mass is 16.6. The molecule has 2 heterocycles. The molecule has 1 aliphatic rings. The molecule has 1 saturated heterocycles. The molecule has 1 atom stereocenters. The number of imidazole rings is 1. The summed E-state index contributed by atoms with van der Waals surface area (Å²) < 4.78 is 7.36. The fourth-order valence-electron chi connectivity index (χ4n) is 3.73. The van der Waals surface area contributed by atoms with Gasteiger partial charge in [0.05, 0.1) is 17.1 Å². The molecule has 1 aliphatic heterocycles. The molecule has 0 saturated carbocycles. The quantitative estimate of drug-likeness (QED) is 0.631. The molecule has 0 aliphatic carbocycles. The van der Waals surface area contributed by atoms with E-state index < -0.39 is 5.60 Å². The van der Waals surface area contributed by atoms with Gasteiger partial charge < -0.3 is 9.64 Å². The van der Waals surface area contributed by atoms with Crippen LogP contribution < -0.4 is 4.90 Å². The van der Waals surface area contributed by atoms with Crippen molar-refractivity contribution in [3.8, 4) is 0 Å². The molecule has 0 unspecified atom stereocenters. The van der Waals surface area contributed by atoms with Crippen LogP contribution in [0, 0.1) is 0 Å². The molecule has 0 radical (unpaired) electrons. The van der Waals surface area contributed by atoms with E-state index in [9.17, 15) is 4.79 Å². The van der Waals surface area contributed by atoms with Crippen LogP contribution in [0.1, 0.15) is 45.5 Å². The smallest absolute Gasteiger partial charge is 0.420 e. The van der Waals surface area contributed by atoms with Crippen molar-refractivity contribution in [2.45, 2.75) is 45.3 Å². The zero-order valence-corrected chi connectivity index (χ0v) is 16.1. The zero-order chi connectivity index (χ0) is 19.0. The number of hydrogen-bond donors (Lipinski definition) is 0. The van der Waals surface area contributed by atoms with Gasteiger partial charge in [0.2, 0.25) is 0 Å². The first kappa shape index (κ1) is 17.6. The standard InChI is InChI=1S/C22H25N3O2/c1-22(2,3)27-21(26)25-18-13-8-7-12-17(18)23-20(25)19-14-9-15-24(19)16-10-5-4-6-11-16/h4-8,10-13,19H,9,14-15H2,1-3H3/t19-/m0/s1. The molecular weight excluding hydrogens is 338 g/mol. The van der Waals surface area contributed by atoms with Gasteiger partial charge in [0, 0.05) is 12.2 Å². The Bertz CT molecular complexity index is 957. The van der Waals surface area contributed by atoms with Gasteiger partial charge in [-0.1, -0.05) is 30.3 Å². The van der Waals surface area contributed by atoms with E-state index in [0.29, 0.717) is 0 Å². The van der Waals surface area contributed by atoms with Gasteiger partial charge >= 0.3 is 6.09 Å². The average Bonchev–Trinajstić information content (AvgIpc) is 3.25. The molecule has 5 heteroatoms. The van der Waals surface area contributed by atoms with E-state index >= 15 is 0 Å². The highest BCUT2D eigenvalue weighted by Gasteiger charge is 2.33. The van der Waals surface area contributed by atoms with Gasteiger partial charge in [-0.15, -0.1) is 0 Å². The van der Waals surface area contributed by atoms with Crippen LogP contribution in [0.25, 0.3) is 11.0 Å². The second-order valence-electron chi connectivity index (χ2n) is 7.96. The second-order valence-corrected chi connectivity index (χ2v) is 7.96. The summed E-state index contributed by atoms with van der Waals surface area (Å²) in [6, 6.07) is 18.1. The molecule has 2 aromatic carbocycles. The molecular formula is C22H25N3O2. The number of ether oxygens (including phenoxy) is 1. The summed E-state index contributed by atoms with van der Waals surface area (Å²) in [5.74, 6) is 0.756. The highest BCUT2D eigenvalue weighted by molar-refractivity contribution is 5.88. The fourth-order valence-corrected chi connectivity index (χ4v) is 3.73. The Hall–Kier alpha value is -2.82. The minimum absolute atomic E-state index is 0.0484. The van der Waals surface area contributed by atoms with Crippen LogP contribution in [-0.4, -0.2) is 27.8 Å². The maximum absolute atomic E-state index is 13.0. The van der Waals surface area contributed by atoms with Crippen LogP contribution in [0.5, 0.6) is 0 Å². The fraction of sp³-hybridized carbons (Fsp3) is 0.364. The number of benzene rings is 2. The minimum Gasteiger partial charge on any atom is -0.443 e. The minimum atomic E-state index is -0.561. The van der Waals surface area contributed by atoms with Crippen molar-refractivity contribution < 1.29 is 9.53 Å². The Balaban J connectivity index is 1.81. The maximum Gasteiger partial charge on any atom is 0.420 e. The Morgan fingerprint density at radius 1 is 1.07 bits per heavy atom. The van der Waals surface area contributed by atoms with Crippen molar-refractivity contribution in [1.82, 2.24) is 9.55 Å². The molecule has 4 rings (SSSR count). The van der Waals surface area contributed by atoms with E-state index in [0.717, 1.165) is 41.9 Å². The van der Waals surface area contributed by atoms with Gasteiger partial charge in [0.15, 0.2) is 0 Å². The van der Waals surface area contributed by atoms with E-state index in [4.69, 9.17) is 9.72 Å². The molecule has 0 N–H and O–H groups in total. The summed E-state index contributed by atoms with van der Waals surface area (Å²) in [7, 11) is 0. The average molecular weight is 363 g/mol. The van der Waals surface area contributed by atoms with E-state index in [-0.39, 0.29) is 12.1 Å². The SMILES string of the molecule is CC(C)(C)OC(=O)n1c([C@@H]2CCCN2c2ccccc2)nc2ccccc21. The largest absolute Gasteiger partial charge is 0.443 e. The lowest BCUT2D eigenvalue weighted by molar-refractivity contribution is 0.0537. The Kier molecular flexibility index (Phi) is 4.38. The van der Waals surface area contributed by atoms with Crippen LogP contribution in [0.15, 0.2) is 54.6 Å². The summed E-state index contributed by atoms with van der Waals surface area (Å²) in [5, 5.41) is 0. The van der Waals surface area contributed by atoms with Crippen LogP contribution in [0.4, 0.5) is 10.5 Å². The number of nitrogens with zero attached hydrogens (tertiary/aromatic N) is 3. The normalized spacial score (nSPS) is 17.4. The van der Waals surface area contributed by atoms with E-state index in [1.54, 1.807) is 4.57 Å². The van der Waals surface area contributed by atoms with Crippen molar-refractivity contribution in [2.75, 3.05) is 11.4 Å². The summed E-state index contributed by atoms with van der Waals surface area (Å²) in [6.07, 6.45) is 1.66. The molecule has 140 valence electrons. The Morgan fingerprint density at radius 3 is 2.52 bits per heavy atom. The predicted molar refractivity (Wildman–Crippen MR) is 107 cm³/mol. The number of anilines is 1. The monoisotopic (exact) mass is 363 g/mol. The Labute approximate surface area is 159 Å². The maximum atomic E-state index is 13.0. The lowest BCUT2D eigenvalue weighted by Crippen LogP contribution is -2.31. The van der Waals surface area contributed by atoms with Gasteiger partial charge in [0.1, 0.15) is 11.4 Å². The molecule has 1 fully saturated rings. The van der Waals surface area contributed by atoms with Crippen LogP contribution in [0.3, 0.4) is 0 Å². The number of hydrogen-bond acceptors (Lipinski definition) is 4. The number of carbonyl (C=O) groups is 1. The van der Waals surface area contributed by atoms with Crippen molar-refractivity contribution in [3.05, 3.63) is 60.4 Å². The number of fused-ring (bicyclic) bond motifs is 1. The lowest BCUT2D eigenvalue weighted by atomic mass is 10.2. The first-order valence-electron chi connectivity index (χ1n) is 9.46. The number of aromatic nitrogens is 2. The first-order chi connectivity index (χ1) is 12.9. The third kappa shape index (κ3) is 3.42. The topological polar surface area (TPSA) is 47.4 Å². The van der Waals surface area contributed by atoms with Gasteiger partial charge in [0.25, 0.3) is 0 Å². The molecule has 3 aromatic rings. The lowest BCUT2D eigenvalue weighted by Gasteiger charge is -2.27. The number of carbonyl (C=O) groups excluding carboxylic acids is 1. The third-order valence-electron chi connectivity index (χ3n) is 4.80. The van der Waals surface area contributed by atoms with E-state index in [1.165, 1.54) is 0 Å². The van der Waals surface area contributed by atoms with Gasteiger partial charge in [-0.3, -0.25) is 0 Å². The molecule has 1 aromatic heterocycles.